The largest absolute Gasteiger partial charge is 0.481 e. The standard InChI is InChI=1S/C20H29N3O2/c1-12-8-9-19(10-13(12)2)25-18(7)20(24)21-11-14(3)23-17(6)15(4)16(5)22-23/h8-10,14,18H,11H2,1-7H3,(H,21,24). The monoisotopic (exact) mass is 343 g/mol. The Kier molecular flexibility index (Phi) is 5.88. The third-order valence-corrected chi connectivity index (χ3v) is 4.84. The van der Waals surface area contributed by atoms with Gasteiger partial charge in [0.15, 0.2) is 6.10 Å². The summed E-state index contributed by atoms with van der Waals surface area (Å²) >= 11 is 0. The van der Waals surface area contributed by atoms with Crippen molar-refractivity contribution in [3.8, 4) is 5.75 Å². The molecule has 0 spiro atoms. The first-order valence-corrected chi connectivity index (χ1v) is 8.74. The molecule has 0 fully saturated rings. The molecule has 25 heavy (non-hydrogen) atoms. The summed E-state index contributed by atoms with van der Waals surface area (Å²) < 4.78 is 7.73. The van der Waals surface area contributed by atoms with Gasteiger partial charge in [-0.15, -0.1) is 0 Å². The molecule has 2 rings (SSSR count). The molecule has 0 aliphatic rings. The number of benzene rings is 1. The van der Waals surface area contributed by atoms with E-state index in [9.17, 15) is 4.79 Å². The Hall–Kier alpha value is -2.30. The molecule has 0 radical (unpaired) electrons. The van der Waals surface area contributed by atoms with Crippen molar-refractivity contribution in [2.24, 2.45) is 0 Å². The van der Waals surface area contributed by atoms with Crippen LogP contribution in [-0.2, 0) is 4.79 Å². The smallest absolute Gasteiger partial charge is 0.260 e. The van der Waals surface area contributed by atoms with Crippen LogP contribution in [0.2, 0.25) is 0 Å². The highest BCUT2D eigenvalue weighted by atomic mass is 16.5. The maximum absolute atomic E-state index is 12.3. The highest BCUT2D eigenvalue weighted by Crippen LogP contribution is 2.18. The minimum Gasteiger partial charge on any atom is -0.481 e. The molecular formula is C20H29N3O2. The zero-order chi connectivity index (χ0) is 18.7. The fourth-order valence-electron chi connectivity index (χ4n) is 2.70. The van der Waals surface area contributed by atoms with Crippen LogP contribution in [0.5, 0.6) is 5.75 Å². The summed E-state index contributed by atoms with van der Waals surface area (Å²) in [7, 11) is 0. The highest BCUT2D eigenvalue weighted by molar-refractivity contribution is 5.80. The van der Waals surface area contributed by atoms with Gasteiger partial charge in [-0.05, 0) is 77.3 Å². The highest BCUT2D eigenvalue weighted by Gasteiger charge is 2.18. The summed E-state index contributed by atoms with van der Waals surface area (Å²) in [5.41, 5.74) is 5.72. The SMILES string of the molecule is Cc1ccc(OC(C)C(=O)NCC(C)n2nc(C)c(C)c2C)cc1C. The van der Waals surface area contributed by atoms with Crippen LogP contribution in [0.3, 0.4) is 0 Å². The number of amides is 1. The van der Waals surface area contributed by atoms with Gasteiger partial charge in [-0.25, -0.2) is 0 Å². The van der Waals surface area contributed by atoms with E-state index >= 15 is 0 Å². The normalized spacial score (nSPS) is 13.4. The fourth-order valence-corrected chi connectivity index (χ4v) is 2.70. The molecule has 0 aliphatic carbocycles. The van der Waals surface area contributed by atoms with Crippen LogP contribution in [0.15, 0.2) is 18.2 Å². The number of rotatable bonds is 6. The van der Waals surface area contributed by atoms with Gasteiger partial charge in [-0.3, -0.25) is 9.48 Å². The topological polar surface area (TPSA) is 56.1 Å². The summed E-state index contributed by atoms with van der Waals surface area (Å²) in [6.07, 6.45) is -0.545. The van der Waals surface area contributed by atoms with E-state index in [1.807, 2.05) is 43.7 Å². The van der Waals surface area contributed by atoms with Gasteiger partial charge in [0.2, 0.25) is 0 Å². The lowest BCUT2D eigenvalue weighted by Crippen LogP contribution is -2.39. The van der Waals surface area contributed by atoms with E-state index in [4.69, 9.17) is 4.74 Å². The number of aryl methyl sites for hydroxylation is 3. The van der Waals surface area contributed by atoms with Crippen molar-refractivity contribution >= 4 is 5.91 Å². The molecule has 2 aromatic rings. The van der Waals surface area contributed by atoms with Gasteiger partial charge >= 0.3 is 0 Å². The number of hydrogen-bond donors (Lipinski definition) is 1. The summed E-state index contributed by atoms with van der Waals surface area (Å²) in [4.78, 5) is 12.3. The first-order valence-electron chi connectivity index (χ1n) is 8.74. The van der Waals surface area contributed by atoms with Crippen LogP contribution in [-0.4, -0.2) is 28.3 Å². The van der Waals surface area contributed by atoms with Gasteiger partial charge in [0.05, 0.1) is 11.7 Å². The molecule has 0 saturated carbocycles. The molecule has 136 valence electrons. The van der Waals surface area contributed by atoms with Gasteiger partial charge in [0.1, 0.15) is 5.75 Å². The number of nitrogens with one attached hydrogen (secondary N) is 1. The number of ether oxygens (including phenoxy) is 1. The molecule has 5 heteroatoms. The van der Waals surface area contributed by atoms with E-state index in [0.717, 1.165) is 17.0 Å². The number of nitrogens with zero attached hydrogens (tertiary/aromatic N) is 2. The molecule has 0 aliphatic heterocycles. The van der Waals surface area contributed by atoms with E-state index in [1.165, 1.54) is 11.1 Å². The molecular weight excluding hydrogens is 314 g/mol. The number of carbonyl (C=O) groups is 1. The van der Waals surface area contributed by atoms with Crippen molar-refractivity contribution in [3.05, 3.63) is 46.3 Å². The van der Waals surface area contributed by atoms with Gasteiger partial charge in [0.25, 0.3) is 5.91 Å². The molecule has 0 bridgehead atoms. The maximum atomic E-state index is 12.3. The van der Waals surface area contributed by atoms with E-state index in [1.54, 1.807) is 6.92 Å². The number of aromatic nitrogens is 2. The molecule has 5 nitrogen and oxygen atoms in total. The van der Waals surface area contributed by atoms with Crippen molar-refractivity contribution in [2.45, 2.75) is 60.6 Å². The predicted octanol–water partition coefficient (Wildman–Crippen LogP) is 3.57. The molecule has 0 saturated heterocycles. The van der Waals surface area contributed by atoms with Crippen molar-refractivity contribution in [1.29, 1.82) is 0 Å². The van der Waals surface area contributed by atoms with E-state index in [-0.39, 0.29) is 11.9 Å². The summed E-state index contributed by atoms with van der Waals surface area (Å²) in [5.74, 6) is 0.594. The lowest BCUT2D eigenvalue weighted by Gasteiger charge is -2.19. The minimum atomic E-state index is -0.545. The van der Waals surface area contributed by atoms with Crippen molar-refractivity contribution in [3.63, 3.8) is 0 Å². The molecule has 2 unspecified atom stereocenters. The average Bonchev–Trinajstić information content (AvgIpc) is 2.83. The van der Waals surface area contributed by atoms with Crippen molar-refractivity contribution in [1.82, 2.24) is 15.1 Å². The van der Waals surface area contributed by atoms with Crippen LogP contribution in [0, 0.1) is 34.6 Å². The molecule has 1 heterocycles. The number of hydrogen-bond acceptors (Lipinski definition) is 3. The Morgan fingerprint density at radius 2 is 1.84 bits per heavy atom. The lowest BCUT2D eigenvalue weighted by atomic mass is 10.1. The van der Waals surface area contributed by atoms with E-state index in [2.05, 4.69) is 31.2 Å². The van der Waals surface area contributed by atoms with Crippen LogP contribution in [0.25, 0.3) is 0 Å². The average molecular weight is 343 g/mol. The second kappa shape index (κ2) is 7.72. The van der Waals surface area contributed by atoms with Crippen molar-refractivity contribution < 1.29 is 9.53 Å². The van der Waals surface area contributed by atoms with Crippen LogP contribution >= 0.6 is 0 Å². The Balaban J connectivity index is 1.92. The fraction of sp³-hybridized carbons (Fsp3) is 0.500. The zero-order valence-electron chi connectivity index (χ0n) is 16.3. The quantitative estimate of drug-likeness (QED) is 0.872. The van der Waals surface area contributed by atoms with E-state index in [0.29, 0.717) is 12.3 Å². The molecule has 2 atom stereocenters. The first-order chi connectivity index (χ1) is 11.7. The van der Waals surface area contributed by atoms with Crippen LogP contribution in [0.4, 0.5) is 0 Å². The maximum Gasteiger partial charge on any atom is 0.260 e. The second-order valence-corrected chi connectivity index (χ2v) is 6.84. The van der Waals surface area contributed by atoms with Gasteiger partial charge in [-0.2, -0.15) is 5.10 Å². The second-order valence-electron chi connectivity index (χ2n) is 6.84. The van der Waals surface area contributed by atoms with Crippen molar-refractivity contribution in [2.75, 3.05) is 6.54 Å². The first kappa shape index (κ1) is 19.0. The van der Waals surface area contributed by atoms with E-state index < -0.39 is 6.10 Å². The molecule has 1 aromatic heterocycles. The number of carbonyl (C=O) groups excluding carboxylic acids is 1. The molecule has 1 amide bonds. The predicted molar refractivity (Wildman–Crippen MR) is 100 cm³/mol. The van der Waals surface area contributed by atoms with Gasteiger partial charge in [-0.1, -0.05) is 6.07 Å². The van der Waals surface area contributed by atoms with Crippen LogP contribution in [0.1, 0.15) is 48.0 Å². The van der Waals surface area contributed by atoms with Gasteiger partial charge < -0.3 is 10.1 Å². The third kappa shape index (κ3) is 4.41. The summed E-state index contributed by atoms with van der Waals surface area (Å²) in [5, 5.41) is 7.51. The third-order valence-electron chi connectivity index (χ3n) is 4.84. The zero-order valence-corrected chi connectivity index (χ0v) is 16.3. The minimum absolute atomic E-state index is 0.0881. The Morgan fingerprint density at radius 3 is 2.40 bits per heavy atom. The lowest BCUT2D eigenvalue weighted by molar-refractivity contribution is -0.127. The van der Waals surface area contributed by atoms with Crippen LogP contribution < -0.4 is 10.1 Å². The Bertz CT molecular complexity index is 765. The molecule has 1 aromatic carbocycles. The summed E-state index contributed by atoms with van der Waals surface area (Å²) in [6.45, 7) is 14.5. The Labute approximate surface area is 150 Å². The molecule has 1 N–H and O–H groups in total. The Morgan fingerprint density at radius 1 is 1.16 bits per heavy atom. The van der Waals surface area contributed by atoms with Gasteiger partial charge in [0, 0.05) is 12.2 Å². The summed E-state index contributed by atoms with van der Waals surface area (Å²) in [6, 6.07) is 5.95.